The predicted octanol–water partition coefficient (Wildman–Crippen LogP) is 3.28. The van der Waals surface area contributed by atoms with Crippen LogP contribution >= 0.6 is 11.3 Å². The van der Waals surface area contributed by atoms with Crippen molar-refractivity contribution < 1.29 is 9.47 Å². The molecule has 2 aliphatic heterocycles. The van der Waals surface area contributed by atoms with Crippen LogP contribution in [-0.4, -0.2) is 61.3 Å². The van der Waals surface area contributed by atoms with Crippen LogP contribution in [0.1, 0.15) is 23.4 Å². The van der Waals surface area contributed by atoms with Gasteiger partial charge in [-0.15, -0.1) is 11.3 Å². The molecule has 4 heterocycles. The highest BCUT2D eigenvalue weighted by Crippen LogP contribution is 2.36. The standard InChI is InChI=1S/C23H29N5O2S/c1-29-19-5-6-20(30-2)22-18(19)12-16(13-24-14-21-25-7-11-31-21)23(26-22)28-10-9-27-8-3-4-17(27)15-28/h5-7,11-12,17,24H,3-4,8-10,13-15H2,1-2H3. The molecule has 2 fully saturated rings. The second-order valence-corrected chi connectivity index (χ2v) is 9.12. The van der Waals surface area contributed by atoms with Gasteiger partial charge in [0.2, 0.25) is 0 Å². The summed E-state index contributed by atoms with van der Waals surface area (Å²) in [7, 11) is 3.40. The average molecular weight is 440 g/mol. The van der Waals surface area contributed by atoms with E-state index >= 15 is 0 Å². The lowest BCUT2D eigenvalue weighted by Crippen LogP contribution is -2.50. The van der Waals surface area contributed by atoms with Crippen molar-refractivity contribution in [3.8, 4) is 11.5 Å². The maximum Gasteiger partial charge on any atom is 0.145 e. The first kappa shape index (κ1) is 20.5. The van der Waals surface area contributed by atoms with Crippen molar-refractivity contribution in [2.45, 2.75) is 32.0 Å². The van der Waals surface area contributed by atoms with Crippen LogP contribution in [0.5, 0.6) is 11.5 Å². The minimum absolute atomic E-state index is 0.634. The fourth-order valence-corrected chi connectivity index (χ4v) is 5.40. The summed E-state index contributed by atoms with van der Waals surface area (Å²) in [6.45, 7) is 5.84. The Morgan fingerprint density at radius 2 is 2.00 bits per heavy atom. The molecular weight excluding hydrogens is 410 g/mol. The third kappa shape index (κ3) is 4.07. The fourth-order valence-electron chi connectivity index (χ4n) is 4.82. The number of nitrogens with one attached hydrogen (secondary N) is 1. The van der Waals surface area contributed by atoms with Crippen LogP contribution in [0, 0.1) is 0 Å². The molecular formula is C23H29N5O2S. The summed E-state index contributed by atoms with van der Waals surface area (Å²) < 4.78 is 11.3. The number of thiazole rings is 1. The van der Waals surface area contributed by atoms with E-state index in [4.69, 9.17) is 14.5 Å². The number of aromatic nitrogens is 2. The van der Waals surface area contributed by atoms with Crippen LogP contribution in [0.4, 0.5) is 5.82 Å². The quantitative estimate of drug-likeness (QED) is 0.606. The summed E-state index contributed by atoms with van der Waals surface area (Å²) in [5, 5.41) is 7.65. The molecule has 2 saturated heterocycles. The highest BCUT2D eigenvalue weighted by molar-refractivity contribution is 7.09. The molecule has 7 nitrogen and oxygen atoms in total. The van der Waals surface area contributed by atoms with Crippen LogP contribution in [0.3, 0.4) is 0 Å². The minimum Gasteiger partial charge on any atom is -0.496 e. The summed E-state index contributed by atoms with van der Waals surface area (Å²) in [5.41, 5.74) is 2.04. The largest absolute Gasteiger partial charge is 0.496 e. The fraction of sp³-hybridized carbons (Fsp3) is 0.478. The number of fused-ring (bicyclic) bond motifs is 2. The molecule has 1 N–H and O–H groups in total. The number of nitrogens with zero attached hydrogens (tertiary/aromatic N) is 4. The monoisotopic (exact) mass is 439 g/mol. The van der Waals surface area contributed by atoms with Gasteiger partial charge in [-0.25, -0.2) is 9.97 Å². The van der Waals surface area contributed by atoms with Gasteiger partial charge >= 0.3 is 0 Å². The molecule has 2 aliphatic rings. The number of pyridine rings is 1. The minimum atomic E-state index is 0.634. The molecule has 0 bridgehead atoms. The van der Waals surface area contributed by atoms with Crippen molar-refractivity contribution >= 4 is 28.1 Å². The SMILES string of the molecule is COc1ccc(OC)c2nc(N3CCN4CCCC4C3)c(CNCc3nccs3)cc12. The van der Waals surface area contributed by atoms with E-state index in [-0.39, 0.29) is 0 Å². The lowest BCUT2D eigenvalue weighted by atomic mass is 10.1. The number of ether oxygens (including phenoxy) is 2. The Morgan fingerprint density at radius 1 is 1.13 bits per heavy atom. The van der Waals surface area contributed by atoms with Gasteiger partial charge < -0.3 is 19.7 Å². The maximum absolute atomic E-state index is 5.64. The number of piperazine rings is 1. The van der Waals surface area contributed by atoms with E-state index in [1.54, 1.807) is 25.6 Å². The molecule has 0 radical (unpaired) electrons. The molecule has 1 atom stereocenters. The molecule has 1 unspecified atom stereocenters. The van der Waals surface area contributed by atoms with E-state index in [9.17, 15) is 0 Å². The molecule has 164 valence electrons. The summed E-state index contributed by atoms with van der Waals surface area (Å²) in [6.07, 6.45) is 4.43. The van der Waals surface area contributed by atoms with Crippen molar-refractivity contribution in [1.29, 1.82) is 0 Å². The van der Waals surface area contributed by atoms with Crippen LogP contribution in [0.15, 0.2) is 29.8 Å². The van der Waals surface area contributed by atoms with Crippen LogP contribution < -0.4 is 19.7 Å². The first-order chi connectivity index (χ1) is 15.3. The Kier molecular flexibility index (Phi) is 5.93. The Hall–Kier alpha value is -2.42. The van der Waals surface area contributed by atoms with Gasteiger partial charge in [-0.1, -0.05) is 0 Å². The highest BCUT2D eigenvalue weighted by atomic mass is 32.1. The van der Waals surface area contributed by atoms with Gasteiger partial charge in [-0.05, 0) is 37.6 Å². The summed E-state index contributed by atoms with van der Waals surface area (Å²) >= 11 is 1.67. The first-order valence-electron chi connectivity index (χ1n) is 10.9. The smallest absolute Gasteiger partial charge is 0.145 e. The van der Waals surface area contributed by atoms with Crippen molar-refractivity contribution in [2.24, 2.45) is 0 Å². The van der Waals surface area contributed by atoms with Gasteiger partial charge in [-0.2, -0.15) is 0 Å². The first-order valence-corrected chi connectivity index (χ1v) is 11.8. The van der Waals surface area contributed by atoms with Crippen molar-refractivity contribution in [3.63, 3.8) is 0 Å². The number of hydrogen-bond donors (Lipinski definition) is 1. The zero-order valence-corrected chi connectivity index (χ0v) is 19.0. The van der Waals surface area contributed by atoms with Gasteiger partial charge in [0.15, 0.2) is 0 Å². The molecule has 0 spiro atoms. The number of rotatable bonds is 7. The number of benzene rings is 1. The molecule has 0 amide bonds. The lowest BCUT2D eigenvalue weighted by Gasteiger charge is -2.39. The van der Waals surface area contributed by atoms with Crippen molar-refractivity contribution in [1.82, 2.24) is 20.2 Å². The molecule has 1 aromatic carbocycles. The number of anilines is 1. The van der Waals surface area contributed by atoms with Crippen LogP contribution in [0.2, 0.25) is 0 Å². The third-order valence-electron chi connectivity index (χ3n) is 6.37. The van der Waals surface area contributed by atoms with E-state index < -0.39 is 0 Å². The van der Waals surface area contributed by atoms with E-state index in [2.05, 4.69) is 26.2 Å². The van der Waals surface area contributed by atoms with Crippen LogP contribution in [-0.2, 0) is 13.1 Å². The van der Waals surface area contributed by atoms with E-state index in [0.717, 1.165) is 66.0 Å². The normalized spacial score (nSPS) is 19.0. The van der Waals surface area contributed by atoms with E-state index in [0.29, 0.717) is 6.04 Å². The number of methoxy groups -OCH3 is 2. The molecule has 0 saturated carbocycles. The molecule has 31 heavy (non-hydrogen) atoms. The zero-order chi connectivity index (χ0) is 21.2. The summed E-state index contributed by atoms with van der Waals surface area (Å²) in [6, 6.07) is 6.74. The van der Waals surface area contributed by atoms with Gasteiger partial charge in [0.05, 0.1) is 14.2 Å². The Bertz CT molecular complexity index is 1040. The second-order valence-electron chi connectivity index (χ2n) is 8.14. The predicted molar refractivity (Wildman–Crippen MR) is 124 cm³/mol. The van der Waals surface area contributed by atoms with E-state index in [1.165, 1.54) is 24.9 Å². The Balaban J connectivity index is 1.51. The molecule has 0 aliphatic carbocycles. The van der Waals surface area contributed by atoms with Gasteiger partial charge in [0, 0.05) is 61.3 Å². The van der Waals surface area contributed by atoms with Gasteiger partial charge in [0.1, 0.15) is 27.8 Å². The average Bonchev–Trinajstić information content (AvgIpc) is 3.49. The van der Waals surface area contributed by atoms with E-state index in [1.807, 2.05) is 23.7 Å². The van der Waals surface area contributed by atoms with Crippen LogP contribution in [0.25, 0.3) is 10.9 Å². The molecule has 8 heteroatoms. The highest BCUT2D eigenvalue weighted by Gasteiger charge is 2.32. The summed E-state index contributed by atoms with van der Waals surface area (Å²) in [4.78, 5) is 14.6. The zero-order valence-electron chi connectivity index (χ0n) is 18.1. The van der Waals surface area contributed by atoms with Gasteiger partial charge in [0.25, 0.3) is 0 Å². The lowest BCUT2D eigenvalue weighted by molar-refractivity contribution is 0.230. The second kappa shape index (κ2) is 8.98. The van der Waals surface area contributed by atoms with Gasteiger partial charge in [-0.3, -0.25) is 4.90 Å². The molecule has 5 rings (SSSR count). The Morgan fingerprint density at radius 3 is 2.81 bits per heavy atom. The maximum atomic E-state index is 5.64. The third-order valence-corrected chi connectivity index (χ3v) is 7.15. The topological polar surface area (TPSA) is 62.8 Å². The molecule has 2 aromatic heterocycles. The van der Waals surface area contributed by atoms with Crippen molar-refractivity contribution in [2.75, 3.05) is 45.3 Å². The van der Waals surface area contributed by atoms with Crippen molar-refractivity contribution in [3.05, 3.63) is 40.3 Å². The Labute approximate surface area is 187 Å². The number of hydrogen-bond acceptors (Lipinski definition) is 8. The summed E-state index contributed by atoms with van der Waals surface area (Å²) in [5.74, 6) is 2.65. The molecule has 3 aromatic rings.